The molecule has 15 nitrogen and oxygen atoms in total. The van der Waals surface area contributed by atoms with Crippen molar-refractivity contribution in [2.24, 2.45) is 16.7 Å². The minimum atomic E-state index is -0.888. The van der Waals surface area contributed by atoms with Gasteiger partial charge in [-0.05, 0) is 105 Å². The normalized spacial score (nSPS) is 21.5. The number of nitrogens with zero attached hydrogens (tertiary/aromatic N) is 8. The average molecular weight is 1050 g/mol. The number of aryl methyl sites for hydroxylation is 3. The number of piperazine rings is 1. The molecule has 0 saturated carbocycles. The molecule has 5 aliphatic heterocycles. The van der Waals surface area contributed by atoms with E-state index < -0.39 is 23.6 Å². The Morgan fingerprint density at radius 3 is 2.24 bits per heavy atom. The lowest BCUT2D eigenvalue weighted by atomic mass is 9.75. The van der Waals surface area contributed by atoms with Gasteiger partial charge in [-0.15, -0.1) is 11.3 Å². The third-order valence-electron chi connectivity index (χ3n) is 16.3. The van der Waals surface area contributed by atoms with Crippen molar-refractivity contribution < 1.29 is 23.9 Å². The van der Waals surface area contributed by atoms with Crippen LogP contribution in [0.3, 0.4) is 0 Å². The molecule has 0 unspecified atom stereocenters. The van der Waals surface area contributed by atoms with Crippen molar-refractivity contribution in [3.8, 4) is 10.4 Å². The summed E-state index contributed by atoms with van der Waals surface area (Å²) < 4.78 is 17.0. The molecule has 5 aromatic rings. The summed E-state index contributed by atoms with van der Waals surface area (Å²) in [6.45, 7) is 24.1. The van der Waals surface area contributed by atoms with Crippen LogP contribution >= 0.6 is 22.9 Å². The lowest BCUT2D eigenvalue weighted by Crippen LogP contribution is -2.71. The van der Waals surface area contributed by atoms with Gasteiger partial charge >= 0.3 is 0 Å². The summed E-state index contributed by atoms with van der Waals surface area (Å²) in [6.07, 6.45) is 1.22. The van der Waals surface area contributed by atoms with Crippen molar-refractivity contribution in [1.82, 2.24) is 45.2 Å². The fourth-order valence-corrected chi connectivity index (χ4v) is 13.0. The number of aliphatic hydroxyl groups excluding tert-OH is 1. The number of thiazole rings is 1. The van der Waals surface area contributed by atoms with Crippen molar-refractivity contribution in [3.05, 3.63) is 92.8 Å². The number of anilines is 2. The fraction of sp³-hybridized carbons (Fsp3) is 0.554. The molecule has 5 fully saturated rings. The second-order valence-corrected chi connectivity index (χ2v) is 24.5. The van der Waals surface area contributed by atoms with E-state index in [1.807, 2.05) is 96.4 Å². The standard InChI is InChI=1S/C56H73ClFN11O4S/c1-34-20-39(21-35(2)48(34)58)26-69-45-23-42(57)22-44(49(45)63-54(69)67-31-56(32-67)29-59-30-56)66-18-16-65(17-19-66)25-38-12-14-64(15-13-38)28-47(71)62-51(55(5,6)7)53(73)68-27-43(70)24-46(68)52(72)61-36(3)40-8-10-41(11-9-40)50-37(4)60-33-74-50/h8-11,20-23,33,36,38,43,46,51,59,70H,12-19,24-32H2,1-7H3,(H,61,72)(H,62,71)/t36-,43+,46-,51+/m0/s1. The van der Waals surface area contributed by atoms with E-state index in [9.17, 15) is 23.9 Å². The number of nitrogens with one attached hydrogen (secondary N) is 3. The van der Waals surface area contributed by atoms with E-state index in [-0.39, 0.29) is 49.1 Å². The predicted molar refractivity (Wildman–Crippen MR) is 291 cm³/mol. The van der Waals surface area contributed by atoms with Crippen LogP contribution in [0.15, 0.2) is 54.0 Å². The zero-order valence-electron chi connectivity index (χ0n) is 44.0. The maximum Gasteiger partial charge on any atom is 0.246 e. The lowest BCUT2D eigenvalue weighted by molar-refractivity contribution is -0.144. The number of hydrogen-bond acceptors (Lipinski definition) is 12. The minimum absolute atomic E-state index is 0.0211. The number of benzene rings is 3. The van der Waals surface area contributed by atoms with Crippen LogP contribution < -0.4 is 25.8 Å². The van der Waals surface area contributed by atoms with Gasteiger partial charge in [0, 0.05) is 82.3 Å². The molecule has 4 N–H and O–H groups in total. The van der Waals surface area contributed by atoms with Gasteiger partial charge in [0.05, 0.1) is 52.5 Å². The van der Waals surface area contributed by atoms with Crippen LogP contribution in [0, 0.1) is 43.3 Å². The maximum atomic E-state index is 14.7. The topological polar surface area (TPSA) is 154 Å². The number of piperidine rings is 1. The van der Waals surface area contributed by atoms with Crippen molar-refractivity contribution in [3.63, 3.8) is 0 Å². The molecule has 74 heavy (non-hydrogen) atoms. The number of likely N-dealkylation sites (tertiary alicyclic amines) is 2. The first-order chi connectivity index (χ1) is 35.3. The number of aromatic nitrogens is 3. The van der Waals surface area contributed by atoms with E-state index in [4.69, 9.17) is 16.6 Å². The van der Waals surface area contributed by atoms with Crippen molar-refractivity contribution >= 4 is 63.3 Å². The number of aliphatic hydroxyl groups is 1. The molecule has 18 heteroatoms. The Balaban J connectivity index is 0.717. The summed E-state index contributed by atoms with van der Waals surface area (Å²) in [5.41, 5.74) is 9.78. The molecule has 5 aliphatic rings. The Morgan fingerprint density at radius 1 is 0.932 bits per heavy atom. The number of β-amino-alcohol motifs (C(OH)–C–C–N with tert-alkyl or cyclic N) is 1. The Morgan fingerprint density at radius 2 is 1.62 bits per heavy atom. The summed E-state index contributed by atoms with van der Waals surface area (Å²) >= 11 is 8.53. The fourth-order valence-electron chi connectivity index (χ4n) is 12.0. The molecule has 7 heterocycles. The molecular weight excluding hydrogens is 977 g/mol. The van der Waals surface area contributed by atoms with Gasteiger partial charge in [0.2, 0.25) is 23.7 Å². The highest BCUT2D eigenvalue weighted by Gasteiger charge is 2.49. The molecule has 2 aromatic heterocycles. The molecule has 5 saturated heterocycles. The Bertz CT molecular complexity index is 2850. The summed E-state index contributed by atoms with van der Waals surface area (Å²) in [5.74, 6) is 0.364. The molecule has 1 spiro atoms. The molecule has 10 rings (SSSR count). The highest BCUT2D eigenvalue weighted by atomic mass is 35.5. The molecule has 0 aliphatic carbocycles. The largest absolute Gasteiger partial charge is 0.391 e. The third kappa shape index (κ3) is 10.9. The maximum absolute atomic E-state index is 14.7. The van der Waals surface area contributed by atoms with E-state index in [1.54, 1.807) is 11.3 Å². The molecule has 3 amide bonds. The van der Waals surface area contributed by atoms with E-state index in [2.05, 4.69) is 51.2 Å². The molecular formula is C56H73ClFN11O4S. The van der Waals surface area contributed by atoms with Crippen LogP contribution in [0.4, 0.5) is 16.0 Å². The van der Waals surface area contributed by atoms with Crippen LogP contribution in [0.5, 0.6) is 0 Å². The monoisotopic (exact) mass is 1050 g/mol. The van der Waals surface area contributed by atoms with Gasteiger partial charge in [-0.25, -0.2) is 14.4 Å². The highest BCUT2D eigenvalue weighted by molar-refractivity contribution is 7.13. The number of halogens is 2. The zero-order chi connectivity index (χ0) is 52.2. The van der Waals surface area contributed by atoms with E-state index in [1.165, 1.54) is 4.90 Å². The van der Waals surface area contributed by atoms with Crippen molar-refractivity contribution in [2.45, 2.75) is 98.5 Å². The number of imidazole rings is 1. The second kappa shape index (κ2) is 21.1. The van der Waals surface area contributed by atoms with Crippen molar-refractivity contribution in [1.29, 1.82) is 0 Å². The van der Waals surface area contributed by atoms with Crippen LogP contribution in [-0.2, 0) is 20.9 Å². The first-order valence-electron chi connectivity index (χ1n) is 26.5. The van der Waals surface area contributed by atoms with Gasteiger partial charge in [-0.1, -0.05) is 68.8 Å². The van der Waals surface area contributed by atoms with Gasteiger partial charge in [-0.3, -0.25) is 24.2 Å². The number of fused-ring (bicyclic) bond motifs is 1. The van der Waals surface area contributed by atoms with Crippen molar-refractivity contribution in [2.75, 3.05) is 94.9 Å². The molecule has 0 bridgehead atoms. The SMILES string of the molecule is Cc1cc(Cn2c(N3CC4(CNC4)C3)nc3c(N4CCN(CC5CCN(CC(=O)N[C@H](C(=O)N6C[C@H](O)C[C@H]6C(=O)N[C@@H](C)c6ccc(-c7scnc7C)cc6)C(C)(C)C)CC5)CC4)cc(Cl)cc32)cc(C)c1F. The molecule has 0 radical (unpaired) electrons. The van der Waals surface area contributed by atoms with Gasteiger partial charge in [0.15, 0.2) is 0 Å². The summed E-state index contributed by atoms with van der Waals surface area (Å²) in [6, 6.07) is 13.9. The number of hydrogen-bond donors (Lipinski definition) is 4. The predicted octanol–water partition coefficient (Wildman–Crippen LogP) is 6.54. The van der Waals surface area contributed by atoms with E-state index in [0.29, 0.717) is 34.0 Å². The summed E-state index contributed by atoms with van der Waals surface area (Å²) in [7, 11) is 0. The van der Waals surface area contributed by atoms with Crippen LogP contribution in [0.2, 0.25) is 5.02 Å². The van der Waals surface area contributed by atoms with Crippen LogP contribution in [0.25, 0.3) is 21.5 Å². The first-order valence-corrected chi connectivity index (χ1v) is 27.8. The quantitative estimate of drug-likeness (QED) is 0.0960. The minimum Gasteiger partial charge on any atom is -0.391 e. The zero-order valence-corrected chi connectivity index (χ0v) is 45.6. The second-order valence-electron chi connectivity index (χ2n) is 23.2. The average Bonchev–Trinajstić information content (AvgIpc) is 4.05. The number of amides is 3. The lowest BCUT2D eigenvalue weighted by Gasteiger charge is -2.56. The van der Waals surface area contributed by atoms with Crippen LogP contribution in [0.1, 0.15) is 80.9 Å². The van der Waals surface area contributed by atoms with E-state index in [0.717, 1.165) is 135 Å². The molecule has 396 valence electrons. The smallest absolute Gasteiger partial charge is 0.246 e. The summed E-state index contributed by atoms with van der Waals surface area (Å²) in [5, 5.41) is 21.0. The Labute approximate surface area is 443 Å². The third-order valence-corrected chi connectivity index (χ3v) is 17.5. The number of rotatable bonds is 14. The van der Waals surface area contributed by atoms with Crippen LogP contribution in [-0.4, -0.2) is 155 Å². The first kappa shape index (κ1) is 52.3. The molecule has 4 atom stereocenters. The number of carbonyl (C=O) groups excluding carboxylic acids is 3. The van der Waals surface area contributed by atoms with Gasteiger partial charge in [0.1, 0.15) is 23.4 Å². The molecule has 3 aromatic carbocycles. The van der Waals surface area contributed by atoms with Gasteiger partial charge in [-0.2, -0.15) is 0 Å². The van der Waals surface area contributed by atoms with Gasteiger partial charge < -0.3 is 40.3 Å². The number of carbonyl (C=O) groups is 3. The Hall–Kier alpha value is -5.17. The van der Waals surface area contributed by atoms with Gasteiger partial charge in [0.25, 0.3) is 0 Å². The van der Waals surface area contributed by atoms with E-state index >= 15 is 0 Å². The highest BCUT2D eigenvalue weighted by Crippen LogP contribution is 2.41. The summed E-state index contributed by atoms with van der Waals surface area (Å²) in [4.78, 5) is 63.8. The Kier molecular flexibility index (Phi) is 14.9.